The second kappa shape index (κ2) is 7.32. The number of hydrogen-bond acceptors (Lipinski definition) is 6. The van der Waals surface area contributed by atoms with Crippen molar-refractivity contribution in [2.24, 2.45) is 7.05 Å². The number of hydrogen-bond donors (Lipinski definition) is 1. The summed E-state index contributed by atoms with van der Waals surface area (Å²) in [7, 11) is 3.35. The lowest BCUT2D eigenvalue weighted by Crippen LogP contribution is -2.35. The minimum atomic E-state index is -0.963. The molecule has 3 heterocycles. The first kappa shape index (κ1) is 18.9. The van der Waals surface area contributed by atoms with Crippen LogP contribution in [0.15, 0.2) is 70.1 Å². The number of amides is 1. The normalized spacial score (nSPS) is 17.2. The maximum atomic E-state index is 13.2. The zero-order valence-electron chi connectivity index (χ0n) is 16.9. The Balaban J connectivity index is 1.58. The van der Waals surface area contributed by atoms with Crippen LogP contribution in [-0.4, -0.2) is 28.9 Å². The van der Waals surface area contributed by atoms with Gasteiger partial charge in [0, 0.05) is 24.5 Å². The van der Waals surface area contributed by atoms with Crippen LogP contribution < -0.4 is 20.4 Å². The quantitative estimate of drug-likeness (QED) is 0.513. The molecule has 4 aromatic rings. The van der Waals surface area contributed by atoms with Crippen LogP contribution in [0.25, 0.3) is 11.0 Å². The third kappa shape index (κ3) is 3.22. The molecule has 0 unspecified atom stereocenters. The molecular formula is C23H19N3O5. The summed E-state index contributed by atoms with van der Waals surface area (Å²) < 4.78 is 18.4. The Kier molecular flexibility index (Phi) is 4.47. The van der Waals surface area contributed by atoms with Gasteiger partial charge in [-0.1, -0.05) is 12.1 Å². The molecule has 0 saturated carbocycles. The van der Waals surface area contributed by atoms with Crippen LogP contribution in [0.2, 0.25) is 0 Å². The lowest BCUT2D eigenvalue weighted by Gasteiger charge is -2.17. The highest BCUT2D eigenvalue weighted by Crippen LogP contribution is 2.44. The number of para-hydroxylation sites is 1. The maximum absolute atomic E-state index is 13.2. The second-order valence-electron chi connectivity index (χ2n) is 7.31. The van der Waals surface area contributed by atoms with E-state index < -0.39 is 17.6 Å². The van der Waals surface area contributed by atoms with E-state index in [9.17, 15) is 9.59 Å². The molecule has 0 saturated heterocycles. The molecule has 2 atom stereocenters. The van der Waals surface area contributed by atoms with E-state index in [0.29, 0.717) is 39.3 Å². The van der Waals surface area contributed by atoms with Gasteiger partial charge in [0.1, 0.15) is 17.1 Å². The van der Waals surface area contributed by atoms with E-state index in [-0.39, 0.29) is 5.91 Å². The Morgan fingerprint density at radius 2 is 1.94 bits per heavy atom. The summed E-state index contributed by atoms with van der Waals surface area (Å²) in [5, 5.41) is 7.71. The van der Waals surface area contributed by atoms with E-state index in [0.717, 1.165) is 0 Å². The van der Waals surface area contributed by atoms with Crippen molar-refractivity contribution in [3.8, 4) is 11.5 Å². The molecule has 0 aliphatic carbocycles. The minimum Gasteiger partial charge on any atom is -0.497 e. The molecule has 31 heavy (non-hydrogen) atoms. The maximum Gasteiger partial charge on any atom is 0.344 e. The average molecular weight is 417 g/mol. The summed E-state index contributed by atoms with van der Waals surface area (Å²) in [6.45, 7) is 0. The highest BCUT2D eigenvalue weighted by molar-refractivity contribution is 5.97. The van der Waals surface area contributed by atoms with Gasteiger partial charge >= 0.3 is 5.63 Å². The summed E-state index contributed by atoms with van der Waals surface area (Å²) in [5.41, 5.74) is 1.49. The van der Waals surface area contributed by atoms with Crippen molar-refractivity contribution in [3.05, 3.63) is 82.5 Å². The van der Waals surface area contributed by atoms with Crippen LogP contribution >= 0.6 is 0 Å². The number of carbonyl (C=O) groups excluding carboxylic acids is 1. The summed E-state index contributed by atoms with van der Waals surface area (Å²) in [5.74, 6) is 0.0249. The second-order valence-corrected chi connectivity index (χ2v) is 7.31. The fourth-order valence-corrected chi connectivity index (χ4v) is 3.91. The van der Waals surface area contributed by atoms with Crippen LogP contribution in [0.3, 0.4) is 0 Å². The standard InChI is InChI=1S/C23H19N3O5/c1-26-12-13(11-24-26)18-19-20(16-5-3-4-6-17(16)30-23(19)28)31-21(18)22(27)25-14-7-9-15(29-2)10-8-14/h3-12,18,21H,1-2H3,(H,25,27)/t18-,21+/m0/s1. The third-order valence-corrected chi connectivity index (χ3v) is 5.36. The number of nitrogens with zero attached hydrogens (tertiary/aromatic N) is 2. The summed E-state index contributed by atoms with van der Waals surface area (Å²) >= 11 is 0. The van der Waals surface area contributed by atoms with E-state index in [4.69, 9.17) is 13.9 Å². The zero-order valence-corrected chi connectivity index (χ0v) is 16.9. The fourth-order valence-electron chi connectivity index (χ4n) is 3.91. The SMILES string of the molecule is COc1ccc(NC(=O)[C@@H]2Oc3c(c(=O)oc4ccccc34)[C@@H]2c2cnn(C)c2)cc1. The molecule has 156 valence electrons. The minimum absolute atomic E-state index is 0.321. The van der Waals surface area contributed by atoms with Gasteiger partial charge in [-0.25, -0.2) is 4.79 Å². The molecule has 2 aromatic carbocycles. The molecule has 8 nitrogen and oxygen atoms in total. The predicted molar refractivity (Wildman–Crippen MR) is 114 cm³/mol. The Hall–Kier alpha value is -4.07. The van der Waals surface area contributed by atoms with Crippen molar-refractivity contribution in [1.82, 2.24) is 9.78 Å². The largest absolute Gasteiger partial charge is 0.497 e. The molecule has 0 fully saturated rings. The monoisotopic (exact) mass is 417 g/mol. The molecule has 0 radical (unpaired) electrons. The molecule has 2 aromatic heterocycles. The number of methoxy groups -OCH3 is 1. The molecule has 0 bridgehead atoms. The van der Waals surface area contributed by atoms with Crippen molar-refractivity contribution in [3.63, 3.8) is 0 Å². The van der Waals surface area contributed by atoms with Crippen molar-refractivity contribution >= 4 is 22.6 Å². The number of ether oxygens (including phenoxy) is 2. The summed E-state index contributed by atoms with van der Waals surface area (Å²) in [4.78, 5) is 26.1. The highest BCUT2D eigenvalue weighted by Gasteiger charge is 2.44. The first-order valence-electron chi connectivity index (χ1n) is 9.71. The molecule has 1 N–H and O–H groups in total. The van der Waals surface area contributed by atoms with Gasteiger partial charge in [-0.15, -0.1) is 0 Å². The summed E-state index contributed by atoms with van der Waals surface area (Å²) in [6.07, 6.45) is 2.44. The van der Waals surface area contributed by atoms with Gasteiger partial charge in [0.2, 0.25) is 0 Å². The van der Waals surface area contributed by atoms with E-state index in [1.54, 1.807) is 73.7 Å². The van der Waals surface area contributed by atoms with Gasteiger partial charge in [0.05, 0.1) is 30.2 Å². The number of aromatic nitrogens is 2. The van der Waals surface area contributed by atoms with Crippen LogP contribution in [0.1, 0.15) is 17.0 Å². The molecule has 1 amide bonds. The van der Waals surface area contributed by atoms with Gasteiger partial charge in [-0.2, -0.15) is 5.10 Å². The van der Waals surface area contributed by atoms with Crippen molar-refractivity contribution < 1.29 is 18.7 Å². The fraction of sp³-hybridized carbons (Fsp3) is 0.174. The topological polar surface area (TPSA) is 95.6 Å². The molecule has 1 aliphatic rings. The van der Waals surface area contributed by atoms with Crippen LogP contribution in [0.4, 0.5) is 5.69 Å². The number of nitrogens with one attached hydrogen (secondary N) is 1. The van der Waals surface area contributed by atoms with Crippen LogP contribution in [0.5, 0.6) is 11.5 Å². The summed E-state index contributed by atoms with van der Waals surface area (Å²) in [6, 6.07) is 14.1. The van der Waals surface area contributed by atoms with Gasteiger partial charge in [-0.05, 0) is 36.4 Å². The van der Waals surface area contributed by atoms with Gasteiger partial charge in [0.25, 0.3) is 5.91 Å². The van der Waals surface area contributed by atoms with Crippen molar-refractivity contribution in [2.75, 3.05) is 12.4 Å². The van der Waals surface area contributed by atoms with E-state index in [1.165, 1.54) is 0 Å². The molecule has 1 aliphatic heterocycles. The van der Waals surface area contributed by atoms with Gasteiger partial charge in [0.15, 0.2) is 6.10 Å². The highest BCUT2D eigenvalue weighted by atomic mass is 16.5. The number of fused-ring (bicyclic) bond motifs is 3. The number of anilines is 1. The Morgan fingerprint density at radius 1 is 1.16 bits per heavy atom. The first-order chi connectivity index (χ1) is 15.0. The molecule has 8 heteroatoms. The van der Waals surface area contributed by atoms with Crippen LogP contribution in [0, 0.1) is 0 Å². The number of carbonyl (C=O) groups is 1. The van der Waals surface area contributed by atoms with E-state index >= 15 is 0 Å². The van der Waals surface area contributed by atoms with Crippen molar-refractivity contribution in [2.45, 2.75) is 12.0 Å². The number of aryl methyl sites for hydroxylation is 1. The zero-order chi connectivity index (χ0) is 21.5. The Morgan fingerprint density at radius 3 is 2.65 bits per heavy atom. The average Bonchev–Trinajstić information content (AvgIpc) is 3.38. The smallest absolute Gasteiger partial charge is 0.344 e. The number of benzene rings is 2. The van der Waals surface area contributed by atoms with Gasteiger partial charge < -0.3 is 19.2 Å². The van der Waals surface area contributed by atoms with E-state index in [1.807, 2.05) is 6.07 Å². The lowest BCUT2D eigenvalue weighted by molar-refractivity contribution is -0.122. The lowest BCUT2D eigenvalue weighted by atomic mass is 9.90. The number of rotatable bonds is 4. The Bertz CT molecular complexity index is 1340. The van der Waals surface area contributed by atoms with Gasteiger partial charge in [-0.3, -0.25) is 9.48 Å². The van der Waals surface area contributed by atoms with Crippen molar-refractivity contribution in [1.29, 1.82) is 0 Å². The molecular weight excluding hydrogens is 398 g/mol. The first-order valence-corrected chi connectivity index (χ1v) is 9.71. The molecule has 5 rings (SSSR count). The van der Waals surface area contributed by atoms with E-state index in [2.05, 4.69) is 10.4 Å². The third-order valence-electron chi connectivity index (χ3n) is 5.36. The molecule has 0 spiro atoms. The van der Waals surface area contributed by atoms with Crippen LogP contribution in [-0.2, 0) is 11.8 Å². The predicted octanol–water partition coefficient (Wildman–Crippen LogP) is 3.07. The Labute approximate surface area is 177 Å².